The maximum Gasteiger partial charge on any atom is 0.307 e. The van der Waals surface area contributed by atoms with Crippen LogP contribution in [0.2, 0.25) is 0 Å². The molecule has 0 aliphatic rings. The van der Waals surface area contributed by atoms with Crippen LogP contribution in [0.15, 0.2) is 74.7 Å². The van der Waals surface area contributed by atoms with Gasteiger partial charge in [0.2, 0.25) is 0 Å². The molecule has 0 spiro atoms. The highest BCUT2D eigenvalue weighted by Crippen LogP contribution is 2.33. The number of primary amides is 1. The number of nitrogens with one attached hydrogen (secondary N) is 1. The monoisotopic (exact) mass is 594 g/mol. The van der Waals surface area contributed by atoms with Crippen LogP contribution in [-0.4, -0.2) is 36.3 Å². The van der Waals surface area contributed by atoms with Gasteiger partial charge in [-0.05, 0) is 90.4 Å². The Morgan fingerprint density at radius 1 is 1.03 bits per heavy atom. The lowest BCUT2D eigenvalue weighted by Gasteiger charge is -2.11. The topological polar surface area (TPSA) is 130 Å². The summed E-state index contributed by atoms with van der Waals surface area (Å²) in [7, 11) is 1.46. The minimum Gasteiger partial charge on any atom is -0.493 e. The van der Waals surface area contributed by atoms with E-state index in [9.17, 15) is 9.59 Å². The van der Waals surface area contributed by atoms with Crippen molar-refractivity contribution in [3.05, 3.63) is 93.6 Å². The fourth-order valence-corrected chi connectivity index (χ4v) is 4.21. The standard InChI is InChI=1S/C28H27BrN4O6/c1-17-4-5-18(2)33(17)20-6-8-21(9-7-20)37-15-22-10-11-24(39-22)28(35)32-31-14-19-12-25(36-3)26(13-23(19)29)38-16-27(30)34/h4-14H,15-16H2,1-3H3,(H2,30,34)(H,32,35)/b31-14+. The van der Waals surface area contributed by atoms with Gasteiger partial charge in [-0.25, -0.2) is 5.43 Å². The van der Waals surface area contributed by atoms with Gasteiger partial charge in [-0.2, -0.15) is 5.10 Å². The Labute approximate surface area is 233 Å². The molecule has 0 atom stereocenters. The summed E-state index contributed by atoms with van der Waals surface area (Å²) in [5.74, 6) is 0.825. The van der Waals surface area contributed by atoms with E-state index in [2.05, 4.69) is 57.0 Å². The number of methoxy groups -OCH3 is 1. The summed E-state index contributed by atoms with van der Waals surface area (Å²) in [5, 5.41) is 3.98. The number of carbonyl (C=O) groups excluding carboxylic acids is 2. The second kappa shape index (κ2) is 12.4. The number of hydrogen-bond acceptors (Lipinski definition) is 7. The fraction of sp³-hybridized carbons (Fsp3) is 0.179. The van der Waals surface area contributed by atoms with Crippen molar-refractivity contribution in [3.63, 3.8) is 0 Å². The minimum absolute atomic E-state index is 0.0894. The highest BCUT2D eigenvalue weighted by atomic mass is 79.9. The molecule has 202 valence electrons. The Bertz CT molecular complexity index is 1490. The number of halogens is 1. The number of hydrazone groups is 1. The van der Waals surface area contributed by atoms with Crippen LogP contribution < -0.4 is 25.4 Å². The number of amides is 2. The van der Waals surface area contributed by atoms with Crippen LogP contribution in [0, 0.1) is 13.8 Å². The van der Waals surface area contributed by atoms with Gasteiger partial charge < -0.3 is 28.9 Å². The van der Waals surface area contributed by atoms with Crippen molar-refractivity contribution < 1.29 is 28.2 Å². The highest BCUT2D eigenvalue weighted by Gasteiger charge is 2.13. The third kappa shape index (κ3) is 6.88. The van der Waals surface area contributed by atoms with Crippen LogP contribution in [0.3, 0.4) is 0 Å². The molecule has 2 aromatic carbocycles. The van der Waals surface area contributed by atoms with E-state index in [1.165, 1.54) is 13.3 Å². The number of aromatic nitrogens is 1. The van der Waals surface area contributed by atoms with Crippen LogP contribution in [-0.2, 0) is 11.4 Å². The Balaban J connectivity index is 1.32. The summed E-state index contributed by atoms with van der Waals surface area (Å²) in [4.78, 5) is 23.5. The van der Waals surface area contributed by atoms with E-state index in [4.69, 9.17) is 24.4 Å². The third-order valence-corrected chi connectivity index (χ3v) is 6.34. The normalized spacial score (nSPS) is 11.0. The molecule has 0 radical (unpaired) electrons. The summed E-state index contributed by atoms with van der Waals surface area (Å²) in [6, 6.07) is 18.4. The van der Waals surface area contributed by atoms with E-state index >= 15 is 0 Å². The summed E-state index contributed by atoms with van der Waals surface area (Å²) >= 11 is 3.40. The zero-order chi connectivity index (χ0) is 27.9. The zero-order valence-electron chi connectivity index (χ0n) is 21.6. The molecule has 39 heavy (non-hydrogen) atoms. The van der Waals surface area contributed by atoms with Crippen molar-refractivity contribution in [3.8, 4) is 22.9 Å². The van der Waals surface area contributed by atoms with Crippen molar-refractivity contribution in [1.82, 2.24) is 9.99 Å². The van der Waals surface area contributed by atoms with Gasteiger partial charge in [0.15, 0.2) is 23.9 Å². The Hall–Kier alpha value is -4.51. The Morgan fingerprint density at radius 2 is 1.74 bits per heavy atom. The van der Waals surface area contributed by atoms with Crippen molar-refractivity contribution in [1.29, 1.82) is 0 Å². The third-order valence-electron chi connectivity index (χ3n) is 5.66. The van der Waals surface area contributed by atoms with Gasteiger partial charge in [0.25, 0.3) is 5.91 Å². The first-order chi connectivity index (χ1) is 18.7. The molecule has 4 rings (SSSR count). The molecule has 3 N–H and O–H groups in total. The van der Waals surface area contributed by atoms with Crippen LogP contribution in [0.1, 0.15) is 33.3 Å². The molecule has 4 aromatic rings. The summed E-state index contributed by atoms with van der Waals surface area (Å²) in [6.07, 6.45) is 1.43. The lowest BCUT2D eigenvalue weighted by molar-refractivity contribution is -0.119. The van der Waals surface area contributed by atoms with Crippen molar-refractivity contribution in [2.45, 2.75) is 20.5 Å². The quantitative estimate of drug-likeness (QED) is 0.192. The van der Waals surface area contributed by atoms with Gasteiger partial charge in [0, 0.05) is 27.1 Å². The molecule has 11 heteroatoms. The molecule has 0 saturated heterocycles. The lowest BCUT2D eigenvalue weighted by Crippen LogP contribution is -2.20. The number of aryl methyl sites for hydroxylation is 2. The number of hydrogen-bond donors (Lipinski definition) is 2. The minimum atomic E-state index is -0.610. The number of rotatable bonds is 11. The average molecular weight is 595 g/mol. The predicted molar refractivity (Wildman–Crippen MR) is 149 cm³/mol. The number of ether oxygens (including phenoxy) is 3. The first-order valence-electron chi connectivity index (χ1n) is 11.8. The van der Waals surface area contributed by atoms with Gasteiger partial charge in [-0.15, -0.1) is 0 Å². The Morgan fingerprint density at radius 3 is 2.41 bits per heavy atom. The molecule has 0 aliphatic carbocycles. The molecule has 0 unspecified atom stereocenters. The molecule has 2 amide bonds. The van der Waals surface area contributed by atoms with Gasteiger partial charge in [0.1, 0.15) is 18.1 Å². The fourth-order valence-electron chi connectivity index (χ4n) is 3.79. The SMILES string of the molecule is COc1cc(/C=N/NC(=O)c2ccc(COc3ccc(-n4c(C)ccc4C)cc3)o2)c(Br)cc1OCC(N)=O. The first kappa shape index (κ1) is 27.5. The smallest absolute Gasteiger partial charge is 0.307 e. The van der Waals surface area contributed by atoms with Crippen molar-refractivity contribution >= 4 is 34.0 Å². The number of benzene rings is 2. The van der Waals surface area contributed by atoms with Gasteiger partial charge in [-0.1, -0.05) is 0 Å². The zero-order valence-corrected chi connectivity index (χ0v) is 23.2. The maximum atomic E-state index is 12.5. The number of nitrogens with two attached hydrogens (primary N) is 1. The van der Waals surface area contributed by atoms with Crippen LogP contribution in [0.5, 0.6) is 17.2 Å². The molecular weight excluding hydrogens is 568 g/mol. The van der Waals surface area contributed by atoms with Crippen molar-refractivity contribution in [2.24, 2.45) is 10.8 Å². The molecular formula is C28H27BrN4O6. The molecule has 0 bridgehead atoms. The molecule has 0 fully saturated rings. The van der Waals surface area contributed by atoms with E-state index in [-0.39, 0.29) is 19.0 Å². The van der Waals surface area contributed by atoms with Crippen molar-refractivity contribution in [2.75, 3.05) is 13.7 Å². The average Bonchev–Trinajstić information content (AvgIpc) is 3.53. The lowest BCUT2D eigenvalue weighted by atomic mass is 10.2. The second-order valence-electron chi connectivity index (χ2n) is 8.48. The number of nitrogens with zero attached hydrogens (tertiary/aromatic N) is 2. The molecule has 0 saturated carbocycles. The highest BCUT2D eigenvalue weighted by molar-refractivity contribution is 9.10. The maximum absolute atomic E-state index is 12.5. The molecule has 0 aliphatic heterocycles. The van der Waals surface area contributed by atoms with E-state index in [1.807, 2.05) is 24.3 Å². The van der Waals surface area contributed by atoms with Crippen LogP contribution in [0.4, 0.5) is 0 Å². The van der Waals surface area contributed by atoms with Gasteiger partial charge in [-0.3, -0.25) is 9.59 Å². The van der Waals surface area contributed by atoms with Crippen LogP contribution >= 0.6 is 15.9 Å². The second-order valence-corrected chi connectivity index (χ2v) is 9.33. The van der Waals surface area contributed by atoms with E-state index in [0.717, 1.165) is 17.1 Å². The number of carbonyl (C=O) groups is 2. The Kier molecular flexibility index (Phi) is 8.72. The molecule has 10 nitrogen and oxygen atoms in total. The molecule has 2 heterocycles. The summed E-state index contributed by atoms with van der Waals surface area (Å²) < 4.78 is 24.8. The predicted octanol–water partition coefficient (Wildman–Crippen LogP) is 4.67. The van der Waals surface area contributed by atoms with Crippen LogP contribution in [0.25, 0.3) is 5.69 Å². The van der Waals surface area contributed by atoms with E-state index in [0.29, 0.717) is 33.0 Å². The number of furan rings is 1. The van der Waals surface area contributed by atoms with Gasteiger partial charge in [0.05, 0.1) is 13.3 Å². The largest absolute Gasteiger partial charge is 0.493 e. The van der Waals surface area contributed by atoms with E-state index < -0.39 is 11.8 Å². The molecule has 2 aromatic heterocycles. The first-order valence-corrected chi connectivity index (χ1v) is 12.6. The summed E-state index contributed by atoms with van der Waals surface area (Å²) in [6.45, 7) is 3.99. The van der Waals surface area contributed by atoms with E-state index in [1.54, 1.807) is 24.3 Å². The van der Waals surface area contributed by atoms with Gasteiger partial charge >= 0.3 is 5.91 Å². The summed E-state index contributed by atoms with van der Waals surface area (Å²) in [5.41, 5.74) is 11.5.